The summed E-state index contributed by atoms with van der Waals surface area (Å²) in [7, 11) is 0. The zero-order chi connectivity index (χ0) is 13.7. The molecule has 4 nitrogen and oxygen atoms in total. The molecule has 0 radical (unpaired) electrons. The summed E-state index contributed by atoms with van der Waals surface area (Å²) in [4.78, 5) is 15.5. The average molecular weight is 255 g/mol. The molecule has 5 heteroatoms. The van der Waals surface area contributed by atoms with E-state index in [1.165, 1.54) is 6.07 Å². The molecule has 0 aliphatic heterocycles. The molecule has 0 saturated heterocycles. The molecule has 2 aromatic rings. The Hall–Kier alpha value is -2.74. The van der Waals surface area contributed by atoms with Crippen LogP contribution < -0.4 is 5.32 Å². The highest BCUT2D eigenvalue weighted by Crippen LogP contribution is 2.12. The molecule has 1 amide bonds. The maximum Gasteiger partial charge on any atom is 0.271 e. The number of nitrogens with one attached hydrogen (secondary N) is 1. The van der Waals surface area contributed by atoms with Gasteiger partial charge in [-0.25, -0.2) is 9.37 Å². The molecule has 0 bridgehead atoms. The summed E-state index contributed by atoms with van der Waals surface area (Å²) in [6, 6.07) is 12.5. The van der Waals surface area contributed by atoms with Crippen LogP contribution in [-0.2, 0) is 0 Å². The van der Waals surface area contributed by atoms with Gasteiger partial charge in [-0.15, -0.1) is 0 Å². The van der Waals surface area contributed by atoms with Crippen molar-refractivity contribution in [3.63, 3.8) is 0 Å². The highest BCUT2D eigenvalue weighted by atomic mass is 19.1. The van der Waals surface area contributed by atoms with Crippen molar-refractivity contribution in [3.8, 4) is 6.07 Å². The average Bonchev–Trinajstić information content (AvgIpc) is 2.46. The number of amides is 1. The van der Waals surface area contributed by atoms with Gasteiger partial charge in [0.1, 0.15) is 17.6 Å². The zero-order valence-electron chi connectivity index (χ0n) is 9.88. The second-order valence-corrected chi connectivity index (χ2v) is 3.81. The van der Waals surface area contributed by atoms with Crippen LogP contribution in [0, 0.1) is 17.1 Å². The normalized spacial score (nSPS) is 11.4. The van der Waals surface area contributed by atoms with Gasteiger partial charge in [0.2, 0.25) is 0 Å². The monoisotopic (exact) mass is 255 g/mol. The number of rotatable bonds is 3. The van der Waals surface area contributed by atoms with E-state index in [-0.39, 0.29) is 5.69 Å². The number of pyridine rings is 1. The summed E-state index contributed by atoms with van der Waals surface area (Å²) in [5.41, 5.74) is 0.748. The molecule has 2 rings (SSSR count). The lowest BCUT2D eigenvalue weighted by molar-refractivity contribution is 0.0940. The van der Waals surface area contributed by atoms with Gasteiger partial charge in [0.15, 0.2) is 0 Å². The Morgan fingerprint density at radius 3 is 2.58 bits per heavy atom. The van der Waals surface area contributed by atoms with Crippen LogP contribution in [0.25, 0.3) is 0 Å². The SMILES string of the molecule is N#CC(NC(=O)c1ccc(F)cn1)c1ccccc1. The number of nitriles is 1. The van der Waals surface area contributed by atoms with E-state index in [4.69, 9.17) is 5.26 Å². The second kappa shape index (κ2) is 5.74. The lowest BCUT2D eigenvalue weighted by Gasteiger charge is -2.11. The van der Waals surface area contributed by atoms with E-state index in [0.29, 0.717) is 5.56 Å². The van der Waals surface area contributed by atoms with Crippen LogP contribution in [0.5, 0.6) is 0 Å². The lowest BCUT2D eigenvalue weighted by atomic mass is 10.1. The number of nitrogens with zero attached hydrogens (tertiary/aromatic N) is 2. The number of hydrogen-bond donors (Lipinski definition) is 1. The smallest absolute Gasteiger partial charge is 0.271 e. The van der Waals surface area contributed by atoms with Gasteiger partial charge in [0.05, 0.1) is 12.3 Å². The summed E-state index contributed by atoms with van der Waals surface area (Å²) in [5, 5.41) is 11.6. The topological polar surface area (TPSA) is 65.8 Å². The van der Waals surface area contributed by atoms with Crippen molar-refractivity contribution in [1.82, 2.24) is 10.3 Å². The highest BCUT2D eigenvalue weighted by molar-refractivity contribution is 5.92. The summed E-state index contributed by atoms with van der Waals surface area (Å²) in [6.07, 6.45) is 0.957. The maximum atomic E-state index is 12.7. The molecule has 0 spiro atoms. The predicted octanol–water partition coefficient (Wildman–Crippen LogP) is 2.22. The molecular formula is C14H10FN3O. The van der Waals surface area contributed by atoms with Gasteiger partial charge in [-0.05, 0) is 17.7 Å². The van der Waals surface area contributed by atoms with E-state index >= 15 is 0 Å². The van der Waals surface area contributed by atoms with Crippen LogP contribution >= 0.6 is 0 Å². The van der Waals surface area contributed by atoms with Crippen LogP contribution in [-0.4, -0.2) is 10.9 Å². The number of hydrogen-bond acceptors (Lipinski definition) is 3. The molecule has 1 unspecified atom stereocenters. The van der Waals surface area contributed by atoms with Gasteiger partial charge >= 0.3 is 0 Å². The summed E-state index contributed by atoms with van der Waals surface area (Å²) in [5.74, 6) is -1.04. The Morgan fingerprint density at radius 2 is 2.00 bits per heavy atom. The Balaban J connectivity index is 2.13. The fraction of sp³-hybridized carbons (Fsp3) is 0.0714. The number of halogens is 1. The van der Waals surface area contributed by atoms with E-state index < -0.39 is 17.8 Å². The van der Waals surface area contributed by atoms with Crippen LogP contribution in [0.3, 0.4) is 0 Å². The molecule has 1 heterocycles. The minimum Gasteiger partial charge on any atom is -0.331 e. The number of benzene rings is 1. The molecule has 0 aliphatic rings. The molecule has 0 saturated carbocycles. The molecule has 1 N–H and O–H groups in total. The van der Waals surface area contributed by atoms with Gasteiger partial charge < -0.3 is 5.32 Å². The molecule has 94 valence electrons. The molecule has 0 fully saturated rings. The minimum absolute atomic E-state index is 0.0672. The van der Waals surface area contributed by atoms with Gasteiger partial charge in [-0.2, -0.15) is 5.26 Å². The first-order chi connectivity index (χ1) is 9.20. The molecule has 19 heavy (non-hydrogen) atoms. The van der Waals surface area contributed by atoms with Crippen LogP contribution in [0.2, 0.25) is 0 Å². The number of carbonyl (C=O) groups excluding carboxylic acids is 1. The van der Waals surface area contributed by atoms with Crippen molar-refractivity contribution in [2.45, 2.75) is 6.04 Å². The summed E-state index contributed by atoms with van der Waals surface area (Å²) in [6.45, 7) is 0. The van der Waals surface area contributed by atoms with Crippen molar-refractivity contribution >= 4 is 5.91 Å². The maximum absolute atomic E-state index is 12.7. The Morgan fingerprint density at radius 1 is 1.26 bits per heavy atom. The number of carbonyl (C=O) groups is 1. The van der Waals surface area contributed by atoms with Crippen LogP contribution in [0.1, 0.15) is 22.1 Å². The Bertz CT molecular complexity index is 605. The molecular weight excluding hydrogens is 245 g/mol. The van der Waals surface area contributed by atoms with Gasteiger partial charge in [-0.1, -0.05) is 30.3 Å². The van der Waals surface area contributed by atoms with Crippen molar-refractivity contribution < 1.29 is 9.18 Å². The van der Waals surface area contributed by atoms with Crippen molar-refractivity contribution in [3.05, 3.63) is 65.7 Å². The third-order valence-corrected chi connectivity index (χ3v) is 2.50. The first-order valence-electron chi connectivity index (χ1n) is 5.57. The quantitative estimate of drug-likeness (QED) is 0.914. The van der Waals surface area contributed by atoms with Gasteiger partial charge in [-0.3, -0.25) is 4.79 Å². The molecule has 1 aromatic heterocycles. The van der Waals surface area contributed by atoms with E-state index in [1.54, 1.807) is 24.3 Å². The third-order valence-electron chi connectivity index (χ3n) is 2.50. The number of aromatic nitrogens is 1. The standard InChI is InChI=1S/C14H10FN3O/c15-11-6-7-12(17-9-11)14(19)18-13(8-16)10-4-2-1-3-5-10/h1-7,9,13H,(H,18,19). The summed E-state index contributed by atoms with van der Waals surface area (Å²) >= 11 is 0. The van der Waals surface area contributed by atoms with Gasteiger partial charge in [0, 0.05) is 0 Å². The molecule has 1 aromatic carbocycles. The van der Waals surface area contributed by atoms with Crippen molar-refractivity contribution in [1.29, 1.82) is 5.26 Å². The first kappa shape index (κ1) is 12.7. The predicted molar refractivity (Wildman–Crippen MR) is 66.5 cm³/mol. The highest BCUT2D eigenvalue weighted by Gasteiger charge is 2.15. The van der Waals surface area contributed by atoms with Gasteiger partial charge in [0.25, 0.3) is 5.91 Å². The Labute approximate surface area is 109 Å². The van der Waals surface area contributed by atoms with E-state index in [1.807, 2.05) is 12.1 Å². The van der Waals surface area contributed by atoms with E-state index in [2.05, 4.69) is 10.3 Å². The largest absolute Gasteiger partial charge is 0.331 e. The van der Waals surface area contributed by atoms with Crippen LogP contribution in [0.4, 0.5) is 4.39 Å². The third kappa shape index (κ3) is 3.13. The Kier molecular flexibility index (Phi) is 3.84. The summed E-state index contributed by atoms with van der Waals surface area (Å²) < 4.78 is 12.7. The zero-order valence-corrected chi connectivity index (χ0v) is 9.88. The molecule has 1 atom stereocenters. The molecule has 0 aliphatic carbocycles. The van der Waals surface area contributed by atoms with E-state index in [9.17, 15) is 9.18 Å². The first-order valence-corrected chi connectivity index (χ1v) is 5.57. The minimum atomic E-state index is -0.763. The van der Waals surface area contributed by atoms with Crippen molar-refractivity contribution in [2.24, 2.45) is 0 Å². The van der Waals surface area contributed by atoms with Crippen molar-refractivity contribution in [2.75, 3.05) is 0 Å². The fourth-order valence-electron chi connectivity index (χ4n) is 1.55. The fourth-order valence-corrected chi connectivity index (χ4v) is 1.55. The van der Waals surface area contributed by atoms with Crippen LogP contribution in [0.15, 0.2) is 48.7 Å². The van der Waals surface area contributed by atoms with E-state index in [0.717, 1.165) is 12.3 Å². The lowest BCUT2D eigenvalue weighted by Crippen LogP contribution is -2.28. The second-order valence-electron chi connectivity index (χ2n) is 3.81.